The zero-order valence-corrected chi connectivity index (χ0v) is 9.78. The van der Waals surface area contributed by atoms with E-state index in [0.717, 1.165) is 16.8 Å². The van der Waals surface area contributed by atoms with Crippen molar-refractivity contribution in [1.82, 2.24) is 4.98 Å². The quantitative estimate of drug-likeness (QED) is 0.891. The van der Waals surface area contributed by atoms with E-state index >= 15 is 0 Å². The van der Waals surface area contributed by atoms with Gasteiger partial charge in [-0.25, -0.2) is 0 Å². The molecular formula is C15H13NO2. The molecular weight excluding hydrogens is 226 g/mol. The van der Waals surface area contributed by atoms with Crippen molar-refractivity contribution < 1.29 is 9.90 Å². The molecule has 1 heterocycles. The molecule has 0 aliphatic heterocycles. The molecule has 0 saturated carbocycles. The molecule has 0 amide bonds. The highest BCUT2D eigenvalue weighted by molar-refractivity contribution is 5.70. The van der Waals surface area contributed by atoms with E-state index in [2.05, 4.69) is 4.98 Å². The molecule has 1 aromatic heterocycles. The Bertz CT molecular complexity index is 544. The Morgan fingerprint density at radius 3 is 2.56 bits per heavy atom. The van der Waals surface area contributed by atoms with E-state index < -0.39 is 5.97 Å². The Labute approximate surface area is 105 Å². The van der Waals surface area contributed by atoms with Crippen LogP contribution in [0.3, 0.4) is 0 Å². The summed E-state index contributed by atoms with van der Waals surface area (Å²) in [6.07, 6.45) is 5.24. The van der Waals surface area contributed by atoms with Gasteiger partial charge in [0, 0.05) is 11.8 Å². The molecule has 0 radical (unpaired) electrons. The molecule has 2 rings (SSSR count). The Morgan fingerprint density at radius 2 is 1.94 bits per heavy atom. The van der Waals surface area contributed by atoms with Gasteiger partial charge in [-0.15, -0.1) is 0 Å². The topological polar surface area (TPSA) is 50.2 Å². The number of benzene rings is 1. The number of hydrogen-bond acceptors (Lipinski definition) is 2. The summed E-state index contributed by atoms with van der Waals surface area (Å²) in [5.41, 5.74) is 2.96. The lowest BCUT2D eigenvalue weighted by atomic mass is 10.1. The number of carboxylic acid groups (broad SMARTS) is 1. The maximum Gasteiger partial charge on any atom is 0.307 e. The Hall–Kier alpha value is -2.42. The van der Waals surface area contributed by atoms with Crippen molar-refractivity contribution in [3.8, 4) is 11.3 Å². The highest BCUT2D eigenvalue weighted by Gasteiger charge is 1.97. The minimum Gasteiger partial charge on any atom is -0.481 e. The van der Waals surface area contributed by atoms with E-state index in [1.165, 1.54) is 0 Å². The molecule has 18 heavy (non-hydrogen) atoms. The molecule has 3 nitrogen and oxygen atoms in total. The summed E-state index contributed by atoms with van der Waals surface area (Å²) < 4.78 is 0. The smallest absolute Gasteiger partial charge is 0.307 e. The lowest BCUT2D eigenvalue weighted by Gasteiger charge is -2.00. The number of aliphatic carboxylic acids is 1. The van der Waals surface area contributed by atoms with E-state index in [0.29, 0.717) is 0 Å². The molecule has 0 atom stereocenters. The van der Waals surface area contributed by atoms with Crippen LogP contribution in [-0.4, -0.2) is 16.1 Å². The van der Waals surface area contributed by atoms with Gasteiger partial charge >= 0.3 is 5.97 Å². The number of carbonyl (C=O) groups is 1. The summed E-state index contributed by atoms with van der Waals surface area (Å²) in [4.78, 5) is 14.6. The second kappa shape index (κ2) is 5.77. The van der Waals surface area contributed by atoms with Crippen LogP contribution in [-0.2, 0) is 4.79 Å². The molecule has 2 aromatic rings. The van der Waals surface area contributed by atoms with E-state index in [9.17, 15) is 4.79 Å². The summed E-state index contributed by atoms with van der Waals surface area (Å²) in [6, 6.07) is 13.6. The molecule has 1 N–H and O–H groups in total. The first-order valence-corrected chi connectivity index (χ1v) is 5.65. The monoisotopic (exact) mass is 239 g/mol. The molecule has 0 bridgehead atoms. The maximum atomic E-state index is 10.4. The van der Waals surface area contributed by atoms with Gasteiger partial charge in [-0.05, 0) is 17.7 Å². The van der Waals surface area contributed by atoms with Gasteiger partial charge in [0.2, 0.25) is 0 Å². The first-order valence-electron chi connectivity index (χ1n) is 5.65. The standard InChI is InChI=1S/C15H13NO2/c17-15(18)6-3-4-12-7-9-13(10-8-12)14-5-1-2-11-16-14/h1-5,7-11H,6H2,(H,17,18)/b4-3+. The molecule has 0 unspecified atom stereocenters. The summed E-state index contributed by atoms with van der Waals surface area (Å²) in [6.45, 7) is 0. The average molecular weight is 239 g/mol. The highest BCUT2D eigenvalue weighted by Crippen LogP contribution is 2.17. The van der Waals surface area contributed by atoms with Crippen molar-refractivity contribution in [2.24, 2.45) is 0 Å². The summed E-state index contributed by atoms with van der Waals surface area (Å²) in [5, 5.41) is 8.52. The van der Waals surface area contributed by atoms with Crippen molar-refractivity contribution in [1.29, 1.82) is 0 Å². The number of rotatable bonds is 4. The zero-order chi connectivity index (χ0) is 12.8. The normalized spacial score (nSPS) is 10.7. The van der Waals surface area contributed by atoms with Gasteiger partial charge in [-0.3, -0.25) is 9.78 Å². The van der Waals surface area contributed by atoms with Gasteiger partial charge < -0.3 is 5.11 Å². The second-order valence-corrected chi connectivity index (χ2v) is 3.84. The summed E-state index contributed by atoms with van der Waals surface area (Å²) >= 11 is 0. The lowest BCUT2D eigenvalue weighted by Crippen LogP contribution is -1.89. The van der Waals surface area contributed by atoms with Crippen LogP contribution in [0.4, 0.5) is 0 Å². The Morgan fingerprint density at radius 1 is 1.17 bits per heavy atom. The fourth-order valence-electron chi connectivity index (χ4n) is 1.59. The van der Waals surface area contributed by atoms with Gasteiger partial charge in [0.25, 0.3) is 0 Å². The van der Waals surface area contributed by atoms with Crippen LogP contribution in [0.25, 0.3) is 17.3 Å². The van der Waals surface area contributed by atoms with Gasteiger partial charge in [-0.2, -0.15) is 0 Å². The second-order valence-electron chi connectivity index (χ2n) is 3.84. The molecule has 0 saturated heterocycles. The minimum absolute atomic E-state index is 0.0436. The predicted octanol–water partition coefficient (Wildman–Crippen LogP) is 3.24. The fraction of sp³-hybridized carbons (Fsp3) is 0.0667. The Kier molecular flexibility index (Phi) is 3.86. The molecule has 0 aliphatic carbocycles. The minimum atomic E-state index is -0.823. The third-order valence-corrected chi connectivity index (χ3v) is 2.47. The molecule has 0 spiro atoms. The van der Waals surface area contributed by atoms with Gasteiger partial charge in [0.05, 0.1) is 12.1 Å². The first kappa shape index (κ1) is 12.0. The van der Waals surface area contributed by atoms with Crippen LogP contribution < -0.4 is 0 Å². The summed E-state index contributed by atoms with van der Waals surface area (Å²) in [7, 11) is 0. The van der Waals surface area contributed by atoms with E-state index in [1.54, 1.807) is 18.3 Å². The van der Waals surface area contributed by atoms with Gasteiger partial charge in [-0.1, -0.05) is 42.5 Å². The number of aromatic nitrogens is 1. The maximum absolute atomic E-state index is 10.4. The average Bonchev–Trinajstić information content (AvgIpc) is 2.40. The third-order valence-electron chi connectivity index (χ3n) is 2.47. The first-order chi connectivity index (χ1) is 8.75. The predicted molar refractivity (Wildman–Crippen MR) is 71.0 cm³/mol. The van der Waals surface area contributed by atoms with Crippen LogP contribution in [0.1, 0.15) is 12.0 Å². The van der Waals surface area contributed by atoms with E-state index in [4.69, 9.17) is 5.11 Å². The molecule has 90 valence electrons. The fourth-order valence-corrected chi connectivity index (χ4v) is 1.59. The number of carboxylic acids is 1. The molecule has 0 aliphatic rings. The van der Waals surface area contributed by atoms with Crippen LogP contribution in [0.15, 0.2) is 54.7 Å². The molecule has 1 aromatic carbocycles. The number of nitrogens with zero attached hydrogens (tertiary/aromatic N) is 1. The van der Waals surface area contributed by atoms with Crippen molar-refractivity contribution in [3.05, 3.63) is 60.3 Å². The largest absolute Gasteiger partial charge is 0.481 e. The van der Waals surface area contributed by atoms with Crippen LogP contribution in [0, 0.1) is 0 Å². The third kappa shape index (κ3) is 3.28. The Balaban J connectivity index is 2.11. The highest BCUT2D eigenvalue weighted by atomic mass is 16.4. The van der Waals surface area contributed by atoms with Crippen molar-refractivity contribution in [2.75, 3.05) is 0 Å². The number of hydrogen-bond donors (Lipinski definition) is 1. The van der Waals surface area contributed by atoms with Gasteiger partial charge in [0.1, 0.15) is 0 Å². The van der Waals surface area contributed by atoms with Crippen molar-refractivity contribution in [3.63, 3.8) is 0 Å². The molecule has 0 fully saturated rings. The van der Waals surface area contributed by atoms with E-state index in [-0.39, 0.29) is 6.42 Å². The SMILES string of the molecule is O=C(O)C/C=C/c1ccc(-c2ccccn2)cc1. The van der Waals surface area contributed by atoms with Crippen LogP contribution in [0.5, 0.6) is 0 Å². The van der Waals surface area contributed by atoms with Gasteiger partial charge in [0.15, 0.2) is 0 Å². The van der Waals surface area contributed by atoms with Crippen LogP contribution in [0.2, 0.25) is 0 Å². The van der Waals surface area contributed by atoms with Crippen LogP contribution >= 0.6 is 0 Å². The van der Waals surface area contributed by atoms with Crippen molar-refractivity contribution >= 4 is 12.0 Å². The van der Waals surface area contributed by atoms with Crippen molar-refractivity contribution in [2.45, 2.75) is 6.42 Å². The molecule has 3 heteroatoms. The lowest BCUT2D eigenvalue weighted by molar-refractivity contribution is -0.135. The summed E-state index contributed by atoms with van der Waals surface area (Å²) in [5.74, 6) is -0.823. The zero-order valence-electron chi connectivity index (χ0n) is 9.78. The van der Waals surface area contributed by atoms with E-state index in [1.807, 2.05) is 42.5 Å². The number of pyridine rings is 1.